The van der Waals surface area contributed by atoms with Crippen LogP contribution in [-0.2, 0) is 0 Å². The zero-order valence-corrected chi connectivity index (χ0v) is 43.4. The van der Waals surface area contributed by atoms with Crippen LogP contribution in [0.5, 0.6) is 0 Å². The maximum atomic E-state index is 13.1. The van der Waals surface area contributed by atoms with Crippen LogP contribution in [0.4, 0.5) is 4.79 Å². The van der Waals surface area contributed by atoms with Crippen LogP contribution >= 0.6 is 0 Å². The van der Waals surface area contributed by atoms with E-state index in [4.69, 9.17) is 0 Å². The molecule has 382 valence electrons. The highest BCUT2D eigenvalue weighted by atomic mass is 16.3. The van der Waals surface area contributed by atoms with Crippen LogP contribution in [-0.4, -0.2) is 114 Å². The molecule has 0 bridgehead atoms. The fraction of sp³-hybridized carbons (Fsp3) is 0.982. The van der Waals surface area contributed by atoms with Crippen molar-refractivity contribution in [2.45, 2.75) is 296 Å². The lowest BCUT2D eigenvalue weighted by molar-refractivity contribution is 0.0524. The Hall–Kier alpha value is -0.970. The van der Waals surface area contributed by atoms with Gasteiger partial charge in [-0.15, -0.1) is 0 Å². The number of carbonyl (C=O) groups is 1. The van der Waals surface area contributed by atoms with E-state index >= 15 is 0 Å². The van der Waals surface area contributed by atoms with Gasteiger partial charge in [-0.1, -0.05) is 226 Å². The highest BCUT2D eigenvalue weighted by Crippen LogP contribution is 2.18. The van der Waals surface area contributed by atoms with Gasteiger partial charge in [0.15, 0.2) is 0 Å². The molecule has 0 aromatic heterocycles. The average molecular weight is 909 g/mol. The molecule has 5 atom stereocenters. The van der Waals surface area contributed by atoms with Crippen molar-refractivity contribution in [3.05, 3.63) is 0 Å². The Bertz CT molecular complexity index is 947. The number of rotatable bonds is 48. The largest absolute Gasteiger partial charge is 0.393 e. The number of hydrogen-bond donors (Lipinski definition) is 6. The highest BCUT2D eigenvalue weighted by molar-refractivity contribution is 5.74. The van der Waals surface area contributed by atoms with E-state index in [1.165, 1.54) is 186 Å². The summed E-state index contributed by atoms with van der Waals surface area (Å²) in [4.78, 5) is 17.9. The van der Waals surface area contributed by atoms with Crippen molar-refractivity contribution in [2.75, 3.05) is 52.4 Å². The minimum Gasteiger partial charge on any atom is -0.393 e. The molecular weight excluding hydrogens is 795 g/mol. The average Bonchev–Trinajstić information content (AvgIpc) is 3.27. The van der Waals surface area contributed by atoms with E-state index in [0.717, 1.165) is 77.7 Å². The summed E-state index contributed by atoms with van der Waals surface area (Å²) in [6, 6.07) is 0.200. The Morgan fingerprint density at radius 3 is 1.39 bits per heavy atom. The lowest BCUT2D eigenvalue weighted by atomic mass is 10.0. The van der Waals surface area contributed by atoms with Crippen LogP contribution in [0.15, 0.2) is 0 Å². The monoisotopic (exact) mass is 908 g/mol. The number of nitrogens with zero attached hydrogens (tertiary/aromatic N) is 2. The molecule has 0 spiro atoms. The van der Waals surface area contributed by atoms with Crippen molar-refractivity contribution in [3.63, 3.8) is 0 Å². The predicted octanol–water partition coefficient (Wildman–Crippen LogP) is 12.8. The molecule has 1 rings (SSSR count). The number of urea groups is 1. The van der Waals surface area contributed by atoms with Crippen molar-refractivity contribution < 1.29 is 20.1 Å². The number of amides is 2. The van der Waals surface area contributed by atoms with Crippen molar-refractivity contribution >= 4 is 6.03 Å². The molecule has 1 aliphatic heterocycles. The van der Waals surface area contributed by atoms with Gasteiger partial charge in [0.05, 0.1) is 18.3 Å². The number of carbonyl (C=O) groups excluding carboxylic acids is 1. The summed E-state index contributed by atoms with van der Waals surface area (Å²) in [5.41, 5.74) is 0. The zero-order valence-electron chi connectivity index (χ0n) is 43.4. The molecule has 9 heteroatoms. The van der Waals surface area contributed by atoms with Gasteiger partial charge in [-0.2, -0.15) is 0 Å². The van der Waals surface area contributed by atoms with Gasteiger partial charge < -0.3 is 31.3 Å². The number of nitrogens with one attached hydrogen (secondary N) is 3. The quantitative estimate of drug-likeness (QED) is 0.0336. The van der Waals surface area contributed by atoms with Crippen LogP contribution in [0.3, 0.4) is 0 Å². The third kappa shape index (κ3) is 39.1. The number of piperazine rings is 1. The Morgan fingerprint density at radius 1 is 0.594 bits per heavy atom. The van der Waals surface area contributed by atoms with Gasteiger partial charge in [0.25, 0.3) is 0 Å². The summed E-state index contributed by atoms with van der Waals surface area (Å²) in [6.45, 7) is 14.9. The minimum atomic E-state index is -0.440. The first-order chi connectivity index (χ1) is 31.3. The van der Waals surface area contributed by atoms with Gasteiger partial charge >= 0.3 is 6.03 Å². The van der Waals surface area contributed by atoms with E-state index in [0.29, 0.717) is 32.1 Å². The van der Waals surface area contributed by atoms with Gasteiger partial charge in [-0.05, 0) is 45.6 Å². The number of hydrogen-bond acceptors (Lipinski definition) is 7. The lowest BCUT2D eigenvalue weighted by Gasteiger charge is -2.38. The fourth-order valence-corrected chi connectivity index (χ4v) is 9.93. The molecule has 0 aliphatic carbocycles. The Balaban J connectivity index is 2.47. The molecule has 0 aromatic rings. The molecule has 2 amide bonds. The van der Waals surface area contributed by atoms with Crippen LogP contribution in [0.25, 0.3) is 0 Å². The van der Waals surface area contributed by atoms with Crippen molar-refractivity contribution in [3.8, 4) is 0 Å². The van der Waals surface area contributed by atoms with E-state index in [2.05, 4.69) is 46.5 Å². The first-order valence-electron chi connectivity index (χ1n) is 28.5. The van der Waals surface area contributed by atoms with Crippen LogP contribution in [0, 0.1) is 0 Å². The third-order valence-electron chi connectivity index (χ3n) is 14.0. The fourth-order valence-electron chi connectivity index (χ4n) is 9.93. The molecular formula is C55H113N5O4. The van der Waals surface area contributed by atoms with Gasteiger partial charge in [0.1, 0.15) is 0 Å². The van der Waals surface area contributed by atoms with E-state index in [1.807, 2.05) is 6.92 Å². The molecule has 1 saturated heterocycles. The summed E-state index contributed by atoms with van der Waals surface area (Å²) in [5, 5.41) is 42.4. The van der Waals surface area contributed by atoms with Gasteiger partial charge in [0, 0.05) is 57.9 Å². The normalized spacial score (nSPS) is 16.6. The molecule has 9 nitrogen and oxygen atoms in total. The Kier molecular flexibility index (Phi) is 43.7. The maximum absolute atomic E-state index is 13.1. The van der Waals surface area contributed by atoms with Crippen molar-refractivity contribution in [1.82, 2.24) is 25.8 Å². The lowest BCUT2D eigenvalue weighted by Crippen LogP contribution is -2.54. The van der Waals surface area contributed by atoms with E-state index in [9.17, 15) is 20.1 Å². The van der Waals surface area contributed by atoms with Crippen molar-refractivity contribution in [1.29, 1.82) is 0 Å². The van der Waals surface area contributed by atoms with Crippen LogP contribution in [0.2, 0.25) is 0 Å². The summed E-state index contributed by atoms with van der Waals surface area (Å²) in [6.07, 6.45) is 44.8. The molecule has 64 heavy (non-hydrogen) atoms. The molecule has 1 heterocycles. The zero-order chi connectivity index (χ0) is 46.6. The summed E-state index contributed by atoms with van der Waals surface area (Å²) in [5.74, 6) is 0. The van der Waals surface area contributed by atoms with E-state index < -0.39 is 6.10 Å². The standard InChI is InChI=1S/C55H113N5O4/c1-5-8-11-14-17-20-21-22-23-24-25-26-27-28-31-34-37-51(46-50(4)61)58-55(64)57-42-45-60-44-41-56-47-52(60)40-43-59(48-53(62)38-35-32-29-18-15-12-9-6-2)49-54(63)39-36-33-30-19-16-13-10-7-3/h50-54,56,61-63H,5-49H2,1-4H3,(H2,57,58,64). The van der Waals surface area contributed by atoms with Gasteiger partial charge in [-0.25, -0.2) is 4.79 Å². The number of unbranched alkanes of at least 4 members (excludes halogenated alkanes) is 29. The van der Waals surface area contributed by atoms with Gasteiger partial charge in [0.2, 0.25) is 0 Å². The molecule has 1 aliphatic rings. The number of aliphatic hydroxyl groups excluding tert-OH is 3. The van der Waals surface area contributed by atoms with E-state index in [1.54, 1.807) is 0 Å². The second kappa shape index (κ2) is 45.8. The predicted molar refractivity (Wildman–Crippen MR) is 277 cm³/mol. The molecule has 0 radical (unpaired) electrons. The minimum absolute atomic E-state index is 0.0126. The summed E-state index contributed by atoms with van der Waals surface area (Å²) >= 11 is 0. The summed E-state index contributed by atoms with van der Waals surface area (Å²) < 4.78 is 0. The molecule has 0 aromatic carbocycles. The summed E-state index contributed by atoms with van der Waals surface area (Å²) in [7, 11) is 0. The smallest absolute Gasteiger partial charge is 0.315 e. The molecule has 5 unspecified atom stereocenters. The first kappa shape index (κ1) is 61.0. The second-order valence-corrected chi connectivity index (χ2v) is 20.6. The SMILES string of the molecule is CCCCCCCCCCCCCCCCCCC(CC(C)O)NC(=O)NCCN1CCNCC1CCN(CC(O)CCCCCCCCCC)CC(O)CCCCCCCCCC. The molecule has 6 N–H and O–H groups in total. The second-order valence-electron chi connectivity index (χ2n) is 20.6. The highest BCUT2D eigenvalue weighted by Gasteiger charge is 2.24. The topological polar surface area (TPSA) is 120 Å². The first-order valence-corrected chi connectivity index (χ1v) is 28.5. The number of aliphatic hydroxyl groups is 3. The van der Waals surface area contributed by atoms with Crippen LogP contribution < -0.4 is 16.0 Å². The third-order valence-corrected chi connectivity index (χ3v) is 14.0. The maximum Gasteiger partial charge on any atom is 0.315 e. The van der Waals surface area contributed by atoms with Crippen LogP contribution in [0.1, 0.15) is 265 Å². The molecule has 1 fully saturated rings. The molecule has 0 saturated carbocycles. The Morgan fingerprint density at radius 2 is 0.984 bits per heavy atom. The Labute approximate surface area is 398 Å². The van der Waals surface area contributed by atoms with E-state index in [-0.39, 0.29) is 24.3 Å². The van der Waals surface area contributed by atoms with Crippen molar-refractivity contribution in [2.24, 2.45) is 0 Å². The van der Waals surface area contributed by atoms with Gasteiger partial charge in [-0.3, -0.25) is 9.80 Å².